The van der Waals surface area contributed by atoms with E-state index in [0.717, 1.165) is 29.0 Å². The van der Waals surface area contributed by atoms with Crippen LogP contribution in [0.2, 0.25) is 0 Å². The highest BCUT2D eigenvalue weighted by Gasteiger charge is 2.38. The van der Waals surface area contributed by atoms with E-state index in [1.807, 2.05) is 0 Å². The molecule has 0 aliphatic carbocycles. The predicted octanol–water partition coefficient (Wildman–Crippen LogP) is 4.43. The Kier molecular flexibility index (Phi) is 6.36. The second kappa shape index (κ2) is 9.05. The van der Waals surface area contributed by atoms with Crippen molar-refractivity contribution >= 4 is 27.3 Å². The van der Waals surface area contributed by atoms with Crippen molar-refractivity contribution in [3.63, 3.8) is 0 Å². The van der Waals surface area contributed by atoms with E-state index >= 15 is 0 Å². The molecule has 0 saturated carbocycles. The minimum atomic E-state index is -3.89. The van der Waals surface area contributed by atoms with Crippen molar-refractivity contribution in [1.29, 1.82) is 0 Å². The number of hydrogen-bond acceptors (Lipinski definition) is 5. The minimum Gasteiger partial charge on any atom is -0.477 e. The van der Waals surface area contributed by atoms with Crippen LogP contribution in [0.4, 0.5) is 8.78 Å². The highest BCUT2D eigenvalue weighted by molar-refractivity contribution is 7.89. The molecule has 1 aromatic heterocycles. The monoisotopic (exact) mass is 478 g/mol. The Morgan fingerprint density at radius 2 is 1.69 bits per heavy atom. The number of benzene rings is 2. The van der Waals surface area contributed by atoms with Gasteiger partial charge in [-0.05, 0) is 67.6 Å². The van der Waals surface area contributed by atoms with Crippen LogP contribution in [0.1, 0.15) is 44.8 Å². The van der Waals surface area contributed by atoms with Crippen LogP contribution in [0.15, 0.2) is 53.4 Å². The number of thiazole rings is 1. The Hall–Kier alpha value is -2.69. The standard InChI is InChI=1S/C22H20F2N2O4S2/c23-15-6-3-14(4-7-15)5-12-18-20(22(27)28)31-21(25-18)19-2-1-13-26(19)32(29,30)17-10-8-16(24)9-11-17/h3-4,6-11,19H,1-2,5,12-13H2,(H,27,28). The summed E-state index contributed by atoms with van der Waals surface area (Å²) < 4.78 is 53.9. The maximum atomic E-state index is 13.2. The van der Waals surface area contributed by atoms with E-state index in [-0.39, 0.29) is 22.1 Å². The van der Waals surface area contributed by atoms with Crippen LogP contribution in [0, 0.1) is 11.6 Å². The van der Waals surface area contributed by atoms with Crippen molar-refractivity contribution in [2.75, 3.05) is 6.54 Å². The molecule has 1 atom stereocenters. The highest BCUT2D eigenvalue weighted by atomic mass is 32.2. The zero-order valence-corrected chi connectivity index (χ0v) is 18.5. The molecule has 0 amide bonds. The van der Waals surface area contributed by atoms with Gasteiger partial charge in [-0.15, -0.1) is 11.3 Å². The molecular weight excluding hydrogens is 458 g/mol. The van der Waals surface area contributed by atoms with E-state index < -0.39 is 27.9 Å². The summed E-state index contributed by atoms with van der Waals surface area (Å²) in [6.45, 7) is 0.275. The van der Waals surface area contributed by atoms with E-state index in [1.165, 1.54) is 28.6 Å². The number of carboxylic acid groups (broad SMARTS) is 1. The summed E-state index contributed by atoms with van der Waals surface area (Å²) >= 11 is 0.983. The summed E-state index contributed by atoms with van der Waals surface area (Å²) in [5, 5.41) is 10.1. The Morgan fingerprint density at radius 1 is 1.06 bits per heavy atom. The molecule has 0 radical (unpaired) electrons. The minimum absolute atomic E-state index is 0.0163. The Labute approximate surface area is 188 Å². The molecule has 10 heteroatoms. The molecule has 0 spiro atoms. The third kappa shape index (κ3) is 4.57. The van der Waals surface area contributed by atoms with Crippen LogP contribution in [-0.2, 0) is 22.9 Å². The average Bonchev–Trinajstić information content (AvgIpc) is 3.41. The topological polar surface area (TPSA) is 87.6 Å². The molecule has 168 valence electrons. The molecule has 1 saturated heterocycles. The smallest absolute Gasteiger partial charge is 0.347 e. The number of aromatic nitrogens is 1. The number of carbonyl (C=O) groups is 1. The van der Waals surface area contributed by atoms with Gasteiger partial charge in [0.1, 0.15) is 21.5 Å². The molecule has 1 unspecified atom stereocenters. The maximum Gasteiger partial charge on any atom is 0.347 e. The van der Waals surface area contributed by atoms with Gasteiger partial charge in [0.2, 0.25) is 10.0 Å². The lowest BCUT2D eigenvalue weighted by molar-refractivity contribution is 0.0700. The number of halogens is 2. The fourth-order valence-corrected chi connectivity index (χ4v) is 6.61. The van der Waals surface area contributed by atoms with E-state index in [2.05, 4.69) is 4.98 Å². The van der Waals surface area contributed by atoms with E-state index in [9.17, 15) is 27.1 Å². The van der Waals surface area contributed by atoms with Crippen molar-refractivity contribution in [1.82, 2.24) is 9.29 Å². The molecule has 32 heavy (non-hydrogen) atoms. The number of sulfonamides is 1. The third-order valence-corrected chi connectivity index (χ3v) is 8.49. The zero-order chi connectivity index (χ0) is 22.9. The van der Waals surface area contributed by atoms with Crippen molar-refractivity contribution in [3.05, 3.63) is 81.3 Å². The van der Waals surface area contributed by atoms with Gasteiger partial charge < -0.3 is 5.11 Å². The van der Waals surface area contributed by atoms with E-state index in [4.69, 9.17) is 0 Å². The first kappa shape index (κ1) is 22.5. The van der Waals surface area contributed by atoms with Gasteiger partial charge >= 0.3 is 5.97 Å². The van der Waals surface area contributed by atoms with Crippen molar-refractivity contribution in [3.8, 4) is 0 Å². The fourth-order valence-electron chi connectivity index (χ4n) is 3.78. The summed E-state index contributed by atoms with van der Waals surface area (Å²) in [6, 6.07) is 10.0. The first-order valence-electron chi connectivity index (χ1n) is 10.0. The maximum absolute atomic E-state index is 13.2. The van der Waals surface area contributed by atoms with Crippen LogP contribution in [0.25, 0.3) is 0 Å². The number of aryl methyl sites for hydroxylation is 2. The summed E-state index contributed by atoms with van der Waals surface area (Å²) in [7, 11) is -3.89. The van der Waals surface area contributed by atoms with Crippen molar-refractivity contribution < 1.29 is 27.1 Å². The van der Waals surface area contributed by atoms with Gasteiger partial charge in [0, 0.05) is 6.54 Å². The Bertz CT molecular complexity index is 1230. The molecule has 1 fully saturated rings. The number of hydrogen-bond donors (Lipinski definition) is 1. The fraction of sp³-hybridized carbons (Fsp3) is 0.273. The Balaban J connectivity index is 1.60. The third-order valence-electron chi connectivity index (χ3n) is 5.38. The van der Waals surface area contributed by atoms with Gasteiger partial charge in [0.05, 0.1) is 16.6 Å². The van der Waals surface area contributed by atoms with Crippen LogP contribution >= 0.6 is 11.3 Å². The second-order valence-electron chi connectivity index (χ2n) is 7.49. The van der Waals surface area contributed by atoms with Crippen molar-refractivity contribution in [2.45, 2.75) is 36.6 Å². The van der Waals surface area contributed by atoms with E-state index in [1.54, 1.807) is 12.1 Å². The Morgan fingerprint density at radius 3 is 2.31 bits per heavy atom. The summed E-state index contributed by atoms with van der Waals surface area (Å²) in [4.78, 5) is 16.4. The average molecular weight is 479 g/mol. The predicted molar refractivity (Wildman–Crippen MR) is 115 cm³/mol. The van der Waals surface area contributed by atoms with Crippen LogP contribution in [-0.4, -0.2) is 35.3 Å². The first-order chi connectivity index (χ1) is 15.3. The molecule has 2 aromatic carbocycles. The molecule has 0 bridgehead atoms. The van der Waals surface area contributed by atoms with Gasteiger partial charge in [-0.1, -0.05) is 12.1 Å². The molecule has 6 nitrogen and oxygen atoms in total. The number of aromatic carboxylic acids is 1. The number of rotatable bonds is 7. The molecule has 1 aliphatic heterocycles. The van der Waals surface area contributed by atoms with Gasteiger partial charge in [-0.2, -0.15) is 4.31 Å². The summed E-state index contributed by atoms with van der Waals surface area (Å²) in [6.07, 6.45) is 1.94. The van der Waals surface area contributed by atoms with Gasteiger partial charge in [-0.3, -0.25) is 0 Å². The lowest BCUT2D eigenvalue weighted by atomic mass is 10.1. The van der Waals surface area contributed by atoms with Crippen LogP contribution in [0.3, 0.4) is 0 Å². The van der Waals surface area contributed by atoms with Gasteiger partial charge in [0.25, 0.3) is 0 Å². The SMILES string of the molecule is O=C(O)c1sc(C2CCCN2S(=O)(=O)c2ccc(F)cc2)nc1CCc1ccc(F)cc1. The largest absolute Gasteiger partial charge is 0.477 e. The molecule has 1 N–H and O–H groups in total. The van der Waals surface area contributed by atoms with Crippen LogP contribution in [0.5, 0.6) is 0 Å². The molecular formula is C22H20F2N2O4S2. The lowest BCUT2D eigenvalue weighted by Crippen LogP contribution is -2.30. The molecule has 4 rings (SSSR count). The first-order valence-corrected chi connectivity index (χ1v) is 12.3. The highest BCUT2D eigenvalue weighted by Crippen LogP contribution is 2.39. The normalized spacial score (nSPS) is 17.0. The lowest BCUT2D eigenvalue weighted by Gasteiger charge is -2.22. The zero-order valence-electron chi connectivity index (χ0n) is 16.9. The van der Waals surface area contributed by atoms with Gasteiger partial charge in [0.15, 0.2) is 0 Å². The second-order valence-corrected chi connectivity index (χ2v) is 10.4. The summed E-state index contributed by atoms with van der Waals surface area (Å²) in [5.74, 6) is -1.99. The van der Waals surface area contributed by atoms with E-state index in [0.29, 0.717) is 36.4 Å². The van der Waals surface area contributed by atoms with Crippen LogP contribution < -0.4 is 0 Å². The molecule has 3 aromatic rings. The van der Waals surface area contributed by atoms with Crippen molar-refractivity contribution in [2.24, 2.45) is 0 Å². The molecule has 1 aliphatic rings. The summed E-state index contributed by atoms with van der Waals surface area (Å²) in [5.41, 5.74) is 1.23. The number of nitrogens with zero attached hydrogens (tertiary/aromatic N) is 2. The van der Waals surface area contributed by atoms with Gasteiger partial charge in [-0.25, -0.2) is 27.0 Å². The number of carboxylic acids is 1. The molecule has 2 heterocycles. The quantitative estimate of drug-likeness (QED) is 0.543.